The SMILES string of the molecule is CCC(C)OC(=O)N(C(=O)OC(C)(C)CC)c1ccccc1. The summed E-state index contributed by atoms with van der Waals surface area (Å²) >= 11 is 0. The number of para-hydroxylation sites is 1. The van der Waals surface area contributed by atoms with Gasteiger partial charge in [0.2, 0.25) is 0 Å². The van der Waals surface area contributed by atoms with Crippen LogP contribution < -0.4 is 4.90 Å². The lowest BCUT2D eigenvalue weighted by molar-refractivity contribution is 0.0391. The first-order valence-electron chi connectivity index (χ1n) is 7.59. The molecule has 122 valence electrons. The van der Waals surface area contributed by atoms with Gasteiger partial charge in [0.25, 0.3) is 0 Å². The van der Waals surface area contributed by atoms with Gasteiger partial charge in [0.05, 0.1) is 5.69 Å². The second kappa shape index (κ2) is 7.82. The van der Waals surface area contributed by atoms with E-state index < -0.39 is 17.8 Å². The highest BCUT2D eigenvalue weighted by molar-refractivity contribution is 6.09. The van der Waals surface area contributed by atoms with Crippen LogP contribution in [0.4, 0.5) is 15.3 Å². The molecule has 0 aliphatic heterocycles. The number of rotatable bonds is 5. The number of carbonyl (C=O) groups excluding carboxylic acids is 2. The second-order valence-electron chi connectivity index (χ2n) is 5.75. The van der Waals surface area contributed by atoms with Gasteiger partial charge in [-0.25, -0.2) is 9.59 Å². The fourth-order valence-electron chi connectivity index (χ4n) is 1.52. The third-order valence-electron chi connectivity index (χ3n) is 3.47. The second-order valence-corrected chi connectivity index (χ2v) is 5.75. The van der Waals surface area contributed by atoms with Gasteiger partial charge in [0.15, 0.2) is 0 Å². The van der Waals surface area contributed by atoms with E-state index in [1.165, 1.54) is 0 Å². The van der Waals surface area contributed by atoms with E-state index in [2.05, 4.69) is 0 Å². The zero-order valence-corrected chi connectivity index (χ0v) is 14.0. The molecule has 0 aromatic heterocycles. The normalized spacial score (nSPS) is 12.4. The quantitative estimate of drug-likeness (QED) is 0.787. The highest BCUT2D eigenvalue weighted by atomic mass is 16.6. The number of ether oxygens (including phenoxy) is 2. The van der Waals surface area contributed by atoms with Crippen molar-refractivity contribution in [1.29, 1.82) is 0 Å². The Hall–Kier alpha value is -2.04. The molecule has 0 aliphatic carbocycles. The average Bonchev–Trinajstić information content (AvgIpc) is 2.47. The Morgan fingerprint density at radius 1 is 1.14 bits per heavy atom. The van der Waals surface area contributed by atoms with E-state index in [-0.39, 0.29) is 6.10 Å². The maximum atomic E-state index is 12.4. The molecule has 1 rings (SSSR count). The Labute approximate surface area is 132 Å². The van der Waals surface area contributed by atoms with Crippen LogP contribution in [0.5, 0.6) is 0 Å². The number of anilines is 1. The van der Waals surface area contributed by atoms with Crippen molar-refractivity contribution in [3.63, 3.8) is 0 Å². The van der Waals surface area contributed by atoms with Gasteiger partial charge < -0.3 is 9.47 Å². The molecule has 5 heteroatoms. The summed E-state index contributed by atoms with van der Waals surface area (Å²) < 4.78 is 10.7. The Bertz CT molecular complexity index is 499. The molecular formula is C17H25NO4. The molecule has 0 radical (unpaired) electrons. The number of hydrogen-bond acceptors (Lipinski definition) is 4. The summed E-state index contributed by atoms with van der Waals surface area (Å²) in [5, 5.41) is 0. The minimum atomic E-state index is -0.730. The lowest BCUT2D eigenvalue weighted by atomic mass is 10.1. The van der Waals surface area contributed by atoms with Gasteiger partial charge in [-0.1, -0.05) is 32.0 Å². The Kier molecular flexibility index (Phi) is 6.40. The van der Waals surface area contributed by atoms with Crippen LogP contribution in [0.15, 0.2) is 30.3 Å². The molecule has 0 aliphatic rings. The minimum Gasteiger partial charge on any atom is -0.446 e. The summed E-state index contributed by atoms with van der Waals surface area (Å²) in [6, 6.07) is 8.63. The zero-order valence-electron chi connectivity index (χ0n) is 14.0. The fourth-order valence-corrected chi connectivity index (χ4v) is 1.52. The molecule has 0 fully saturated rings. The Balaban J connectivity index is 3.02. The van der Waals surface area contributed by atoms with E-state index in [0.717, 1.165) is 4.90 Å². The summed E-state index contributed by atoms with van der Waals surface area (Å²) in [7, 11) is 0. The molecule has 2 amide bonds. The number of benzene rings is 1. The fraction of sp³-hybridized carbons (Fsp3) is 0.529. The van der Waals surface area contributed by atoms with Crippen LogP contribution in [0, 0.1) is 0 Å². The molecule has 0 bridgehead atoms. The van der Waals surface area contributed by atoms with Gasteiger partial charge in [-0.15, -0.1) is 0 Å². The number of hydrogen-bond donors (Lipinski definition) is 0. The van der Waals surface area contributed by atoms with E-state index >= 15 is 0 Å². The van der Waals surface area contributed by atoms with E-state index in [9.17, 15) is 9.59 Å². The van der Waals surface area contributed by atoms with Gasteiger partial charge >= 0.3 is 12.2 Å². The van der Waals surface area contributed by atoms with Crippen LogP contribution in [-0.2, 0) is 9.47 Å². The predicted octanol–water partition coefficient (Wildman–Crippen LogP) is 4.75. The summed E-state index contributed by atoms with van der Waals surface area (Å²) in [5.41, 5.74) is -0.228. The van der Waals surface area contributed by atoms with Gasteiger partial charge in [-0.05, 0) is 45.7 Å². The van der Waals surface area contributed by atoms with Gasteiger partial charge in [0, 0.05) is 0 Å². The molecule has 1 aromatic carbocycles. The van der Waals surface area contributed by atoms with Crippen LogP contribution in [0.2, 0.25) is 0 Å². The molecule has 0 N–H and O–H groups in total. The lowest BCUT2D eigenvalue weighted by Crippen LogP contribution is -2.43. The molecule has 1 aromatic rings. The average molecular weight is 307 g/mol. The van der Waals surface area contributed by atoms with Crippen LogP contribution in [0.3, 0.4) is 0 Å². The molecule has 22 heavy (non-hydrogen) atoms. The van der Waals surface area contributed by atoms with Crippen LogP contribution in [0.1, 0.15) is 47.5 Å². The van der Waals surface area contributed by atoms with Crippen molar-refractivity contribution in [3.8, 4) is 0 Å². The summed E-state index contributed by atoms with van der Waals surface area (Å²) in [5.74, 6) is 0. The maximum absolute atomic E-state index is 12.4. The van der Waals surface area contributed by atoms with Gasteiger partial charge in [0.1, 0.15) is 11.7 Å². The maximum Gasteiger partial charge on any atom is 0.424 e. The van der Waals surface area contributed by atoms with Crippen LogP contribution >= 0.6 is 0 Å². The van der Waals surface area contributed by atoms with E-state index in [1.54, 1.807) is 45.0 Å². The van der Waals surface area contributed by atoms with Crippen molar-refractivity contribution in [3.05, 3.63) is 30.3 Å². The van der Waals surface area contributed by atoms with Crippen LogP contribution in [-0.4, -0.2) is 23.9 Å². The first-order chi connectivity index (χ1) is 10.3. The standard InChI is InChI=1S/C17H25NO4/c1-6-13(3)21-15(19)18(14-11-9-8-10-12-14)16(20)22-17(4,5)7-2/h8-13H,6-7H2,1-5H3. The number of carbonyl (C=O) groups is 2. The molecule has 5 nitrogen and oxygen atoms in total. The first kappa shape index (κ1) is 18.0. The van der Waals surface area contributed by atoms with Crippen molar-refractivity contribution in [2.75, 3.05) is 4.90 Å². The molecule has 0 heterocycles. The van der Waals surface area contributed by atoms with E-state index in [1.807, 2.05) is 19.9 Å². The molecule has 0 saturated heterocycles. The van der Waals surface area contributed by atoms with Crippen molar-refractivity contribution in [1.82, 2.24) is 0 Å². The van der Waals surface area contributed by atoms with E-state index in [4.69, 9.17) is 9.47 Å². The summed E-state index contributed by atoms with van der Waals surface area (Å²) in [4.78, 5) is 25.7. The highest BCUT2D eigenvalue weighted by Gasteiger charge is 2.31. The van der Waals surface area contributed by atoms with Gasteiger partial charge in [-0.2, -0.15) is 4.90 Å². The third-order valence-corrected chi connectivity index (χ3v) is 3.47. The predicted molar refractivity (Wildman–Crippen MR) is 86.0 cm³/mol. The Morgan fingerprint density at radius 3 is 2.23 bits per heavy atom. The largest absolute Gasteiger partial charge is 0.446 e. The summed E-state index contributed by atoms with van der Waals surface area (Å²) in [6.07, 6.45) is -0.416. The molecule has 1 atom stereocenters. The number of nitrogens with zero attached hydrogens (tertiary/aromatic N) is 1. The monoisotopic (exact) mass is 307 g/mol. The van der Waals surface area contributed by atoms with Gasteiger partial charge in [-0.3, -0.25) is 0 Å². The van der Waals surface area contributed by atoms with Crippen molar-refractivity contribution in [2.45, 2.75) is 59.2 Å². The first-order valence-corrected chi connectivity index (χ1v) is 7.59. The number of amides is 2. The van der Waals surface area contributed by atoms with E-state index in [0.29, 0.717) is 18.5 Å². The molecular weight excluding hydrogens is 282 g/mol. The summed E-state index contributed by atoms with van der Waals surface area (Å²) in [6.45, 7) is 9.20. The molecule has 0 saturated carbocycles. The Morgan fingerprint density at radius 2 is 1.73 bits per heavy atom. The third kappa shape index (κ3) is 5.06. The molecule has 1 unspecified atom stereocenters. The zero-order chi connectivity index (χ0) is 16.8. The minimum absolute atomic E-state index is 0.273. The lowest BCUT2D eigenvalue weighted by Gasteiger charge is -2.28. The smallest absolute Gasteiger partial charge is 0.424 e. The van der Waals surface area contributed by atoms with Crippen molar-refractivity contribution < 1.29 is 19.1 Å². The van der Waals surface area contributed by atoms with Crippen molar-refractivity contribution in [2.24, 2.45) is 0 Å². The van der Waals surface area contributed by atoms with Crippen LogP contribution in [0.25, 0.3) is 0 Å². The topological polar surface area (TPSA) is 55.8 Å². The number of imide groups is 1. The molecule has 0 spiro atoms. The van der Waals surface area contributed by atoms with Crippen molar-refractivity contribution >= 4 is 17.9 Å². The highest BCUT2D eigenvalue weighted by Crippen LogP contribution is 2.21.